The van der Waals surface area contributed by atoms with Crippen LogP contribution in [0.3, 0.4) is 0 Å². The molecule has 4 heterocycles. The number of carbonyl (C=O) groups excluding carboxylic acids is 2. The standard InChI is InChI=1S/C22H33NO5/c1-4-12-13-7-5-6-8-23-17(13)16-15(19(12)24)11(3)22(26)28-20(16)18(23)14-9-10(2)21(25)27-14/h10-20,24H,4-9H2,1-3H3. The van der Waals surface area contributed by atoms with Gasteiger partial charge in [-0.3, -0.25) is 14.5 Å². The van der Waals surface area contributed by atoms with E-state index in [4.69, 9.17) is 9.47 Å². The van der Waals surface area contributed by atoms with Crippen molar-refractivity contribution >= 4 is 11.9 Å². The van der Waals surface area contributed by atoms with E-state index in [1.807, 2.05) is 13.8 Å². The van der Waals surface area contributed by atoms with Crippen LogP contribution in [0.5, 0.6) is 0 Å². The smallest absolute Gasteiger partial charge is 0.309 e. The van der Waals surface area contributed by atoms with E-state index < -0.39 is 6.10 Å². The first-order valence-electron chi connectivity index (χ1n) is 11.3. The third kappa shape index (κ3) is 2.46. The van der Waals surface area contributed by atoms with Gasteiger partial charge in [0.15, 0.2) is 0 Å². The zero-order valence-corrected chi connectivity index (χ0v) is 17.1. The van der Waals surface area contributed by atoms with E-state index >= 15 is 0 Å². The minimum absolute atomic E-state index is 0.0578. The Bertz CT molecular complexity index is 667. The number of nitrogens with zero attached hydrogens (tertiary/aromatic N) is 1. The molecule has 5 aliphatic rings. The van der Waals surface area contributed by atoms with E-state index in [1.54, 1.807) is 0 Å². The van der Waals surface area contributed by atoms with Gasteiger partial charge in [-0.1, -0.05) is 33.6 Å². The van der Waals surface area contributed by atoms with Crippen LogP contribution < -0.4 is 0 Å². The number of hydrogen-bond acceptors (Lipinski definition) is 6. The summed E-state index contributed by atoms with van der Waals surface area (Å²) in [5, 5.41) is 11.3. The van der Waals surface area contributed by atoms with Crippen LogP contribution in [0.25, 0.3) is 0 Å². The summed E-state index contributed by atoms with van der Waals surface area (Å²) in [6.07, 6.45) is 4.11. The topological polar surface area (TPSA) is 76.1 Å². The van der Waals surface area contributed by atoms with Crippen molar-refractivity contribution in [3.05, 3.63) is 0 Å². The second-order valence-corrected chi connectivity index (χ2v) is 9.90. The molecule has 0 aromatic rings. The molecule has 0 spiro atoms. The van der Waals surface area contributed by atoms with Gasteiger partial charge in [-0.05, 0) is 37.6 Å². The molecule has 0 amide bonds. The summed E-state index contributed by atoms with van der Waals surface area (Å²) in [7, 11) is 0. The van der Waals surface area contributed by atoms with Gasteiger partial charge in [-0.25, -0.2) is 0 Å². The molecule has 156 valence electrons. The summed E-state index contributed by atoms with van der Waals surface area (Å²) in [6, 6.07) is 0.257. The highest BCUT2D eigenvalue weighted by Crippen LogP contribution is 2.57. The highest BCUT2D eigenvalue weighted by atomic mass is 16.6. The Morgan fingerprint density at radius 1 is 1.07 bits per heavy atom. The Labute approximate surface area is 166 Å². The van der Waals surface area contributed by atoms with Crippen molar-refractivity contribution in [3.8, 4) is 0 Å². The molecule has 0 aromatic heterocycles. The summed E-state index contributed by atoms with van der Waals surface area (Å²) in [5.74, 6) is 0.0344. The highest BCUT2D eigenvalue weighted by molar-refractivity contribution is 5.75. The molecule has 28 heavy (non-hydrogen) atoms. The molecule has 6 nitrogen and oxygen atoms in total. The van der Waals surface area contributed by atoms with E-state index in [-0.39, 0.29) is 59.8 Å². The number of aliphatic hydroxyl groups is 1. The van der Waals surface area contributed by atoms with Crippen molar-refractivity contribution in [2.24, 2.45) is 35.5 Å². The minimum atomic E-state index is -0.453. The lowest BCUT2D eigenvalue weighted by Gasteiger charge is -2.52. The van der Waals surface area contributed by atoms with Crippen LogP contribution in [0, 0.1) is 35.5 Å². The van der Waals surface area contributed by atoms with Crippen molar-refractivity contribution in [1.82, 2.24) is 4.90 Å². The van der Waals surface area contributed by atoms with Gasteiger partial charge in [0.2, 0.25) is 0 Å². The lowest BCUT2D eigenvalue weighted by Crippen LogP contribution is -2.60. The lowest BCUT2D eigenvalue weighted by atomic mass is 9.57. The van der Waals surface area contributed by atoms with Gasteiger partial charge in [0.05, 0.1) is 24.0 Å². The highest BCUT2D eigenvalue weighted by Gasteiger charge is 2.67. The molecule has 5 fully saturated rings. The number of rotatable bonds is 2. The maximum absolute atomic E-state index is 12.8. The van der Waals surface area contributed by atoms with Gasteiger partial charge in [0.25, 0.3) is 0 Å². The Kier molecular flexibility index (Phi) is 4.51. The average molecular weight is 392 g/mol. The molecular formula is C22H33NO5. The molecule has 0 radical (unpaired) electrons. The Morgan fingerprint density at radius 2 is 1.86 bits per heavy atom. The van der Waals surface area contributed by atoms with Crippen molar-refractivity contribution in [3.63, 3.8) is 0 Å². The van der Waals surface area contributed by atoms with E-state index in [0.717, 1.165) is 25.8 Å². The number of cyclic esters (lactones) is 1. The summed E-state index contributed by atoms with van der Waals surface area (Å²) in [6.45, 7) is 6.97. The number of esters is 2. The molecule has 6 heteroatoms. The first-order valence-corrected chi connectivity index (χ1v) is 11.3. The fourth-order valence-electron chi connectivity index (χ4n) is 7.50. The quantitative estimate of drug-likeness (QED) is 0.726. The van der Waals surface area contributed by atoms with Crippen LogP contribution in [-0.2, 0) is 19.1 Å². The number of hydrogen-bond donors (Lipinski definition) is 1. The normalized spacial score (nSPS) is 53.4. The average Bonchev–Trinajstić information content (AvgIpc) is 3.05. The third-order valence-electron chi connectivity index (χ3n) is 8.66. The monoisotopic (exact) mass is 391 g/mol. The molecule has 1 saturated carbocycles. The number of carbonyl (C=O) groups is 2. The molecule has 1 N–H and O–H groups in total. The second kappa shape index (κ2) is 6.69. The molecule has 11 unspecified atom stereocenters. The van der Waals surface area contributed by atoms with Crippen LogP contribution in [0.15, 0.2) is 0 Å². The van der Waals surface area contributed by atoms with E-state index in [1.165, 1.54) is 6.42 Å². The van der Waals surface area contributed by atoms with Gasteiger partial charge in [0.1, 0.15) is 12.2 Å². The lowest BCUT2D eigenvalue weighted by molar-refractivity contribution is -0.189. The van der Waals surface area contributed by atoms with E-state index in [2.05, 4.69) is 11.8 Å². The fourth-order valence-corrected chi connectivity index (χ4v) is 7.50. The Morgan fingerprint density at radius 3 is 2.54 bits per heavy atom. The molecule has 5 rings (SSSR count). The summed E-state index contributed by atoms with van der Waals surface area (Å²) < 4.78 is 11.8. The van der Waals surface area contributed by atoms with Gasteiger partial charge in [-0.15, -0.1) is 0 Å². The fraction of sp³-hybridized carbons (Fsp3) is 0.909. The van der Waals surface area contributed by atoms with Gasteiger partial charge in [-0.2, -0.15) is 0 Å². The summed E-state index contributed by atoms with van der Waals surface area (Å²) in [4.78, 5) is 27.5. The zero-order valence-electron chi connectivity index (χ0n) is 17.1. The summed E-state index contributed by atoms with van der Waals surface area (Å²) in [5.41, 5.74) is 0. The van der Waals surface area contributed by atoms with Crippen LogP contribution in [0.1, 0.15) is 52.9 Å². The Hall–Kier alpha value is -1.14. The predicted octanol–water partition coefficient (Wildman–Crippen LogP) is 1.99. The van der Waals surface area contributed by atoms with E-state index in [9.17, 15) is 14.7 Å². The van der Waals surface area contributed by atoms with Crippen molar-refractivity contribution in [2.75, 3.05) is 6.54 Å². The molecule has 0 bridgehead atoms. The van der Waals surface area contributed by atoms with Crippen LogP contribution in [0.4, 0.5) is 0 Å². The molecule has 4 saturated heterocycles. The second-order valence-electron chi connectivity index (χ2n) is 9.90. The first-order chi connectivity index (χ1) is 13.4. The Balaban J connectivity index is 1.59. The number of ether oxygens (including phenoxy) is 2. The van der Waals surface area contributed by atoms with Crippen molar-refractivity contribution < 1.29 is 24.2 Å². The largest absolute Gasteiger partial charge is 0.460 e. The summed E-state index contributed by atoms with van der Waals surface area (Å²) >= 11 is 0. The predicted molar refractivity (Wildman–Crippen MR) is 101 cm³/mol. The van der Waals surface area contributed by atoms with Gasteiger partial charge in [0, 0.05) is 17.9 Å². The molecule has 1 aliphatic carbocycles. The molecule has 11 atom stereocenters. The van der Waals surface area contributed by atoms with Crippen LogP contribution in [-0.4, -0.2) is 58.9 Å². The van der Waals surface area contributed by atoms with Crippen LogP contribution in [0.2, 0.25) is 0 Å². The van der Waals surface area contributed by atoms with Gasteiger partial charge >= 0.3 is 11.9 Å². The third-order valence-corrected chi connectivity index (χ3v) is 8.66. The van der Waals surface area contributed by atoms with Gasteiger partial charge < -0.3 is 14.6 Å². The van der Waals surface area contributed by atoms with Crippen LogP contribution >= 0.6 is 0 Å². The minimum Gasteiger partial charge on any atom is -0.460 e. The molecule has 4 aliphatic heterocycles. The van der Waals surface area contributed by atoms with E-state index in [0.29, 0.717) is 18.4 Å². The van der Waals surface area contributed by atoms with Crippen molar-refractivity contribution in [1.29, 1.82) is 0 Å². The van der Waals surface area contributed by atoms with Crippen molar-refractivity contribution in [2.45, 2.75) is 83.3 Å². The maximum atomic E-state index is 12.8. The first kappa shape index (κ1) is 18.9. The maximum Gasteiger partial charge on any atom is 0.309 e. The molecular weight excluding hydrogens is 358 g/mol. The SMILES string of the molecule is CCC1C(O)C2C(C)C(=O)OC3C2C2C1CCCCN2C3C1CC(C)C(=O)O1. The zero-order chi connectivity index (χ0) is 19.7. The number of aliphatic hydroxyl groups excluding tert-OH is 1. The molecule has 0 aromatic carbocycles.